The second-order valence-electron chi connectivity index (χ2n) is 3.28. The maximum Gasteiger partial charge on any atom is 0.0676 e. The zero-order valence-corrected chi connectivity index (χ0v) is 7.18. The Hall–Kier alpha value is 0.390. The molecule has 0 bridgehead atoms. The first-order valence-corrected chi connectivity index (χ1v) is 3.34. The first kappa shape index (κ1) is 8.39. The molecule has 0 fully saturated rings. The van der Waals surface area contributed by atoms with Crippen molar-refractivity contribution < 1.29 is 5.11 Å². The molecule has 0 rings (SSSR count). The molecule has 50 valence electrons. The molecule has 0 spiro atoms. The van der Waals surface area contributed by atoms with Gasteiger partial charge in [-0.05, 0) is 13.8 Å². The van der Waals surface area contributed by atoms with E-state index in [0.29, 0.717) is 0 Å². The van der Waals surface area contributed by atoms with Gasteiger partial charge in [0.2, 0.25) is 0 Å². The van der Waals surface area contributed by atoms with Gasteiger partial charge in [0.1, 0.15) is 0 Å². The summed E-state index contributed by atoms with van der Waals surface area (Å²) in [5.41, 5.74) is -0.600. The van der Waals surface area contributed by atoms with Gasteiger partial charge in [-0.3, -0.25) is 0 Å². The predicted octanol–water partition coefficient (Wildman–Crippen LogP) is 1.41. The van der Waals surface area contributed by atoms with Gasteiger partial charge in [-0.25, -0.2) is 0 Å². The summed E-state index contributed by atoms with van der Waals surface area (Å²) in [7, 11) is 2.61. The van der Waals surface area contributed by atoms with Gasteiger partial charge < -0.3 is 5.11 Å². The minimum absolute atomic E-state index is 0.0903. The van der Waals surface area contributed by atoms with Gasteiger partial charge in [0, 0.05) is 5.16 Å². The maximum atomic E-state index is 9.33. The van der Waals surface area contributed by atoms with Gasteiger partial charge in [-0.1, -0.05) is 13.8 Å². The fourth-order valence-electron chi connectivity index (χ4n) is 0. The molecular weight excluding hydrogens is 119 g/mol. The third kappa shape index (κ3) is 2.11. The first-order chi connectivity index (χ1) is 3.25. The average molecular weight is 134 g/mol. The van der Waals surface area contributed by atoms with Crippen LogP contribution in [0, 0.1) is 0 Å². The van der Waals surface area contributed by atoms with Crippen molar-refractivity contribution in [2.75, 3.05) is 0 Å². The predicted molar refractivity (Wildman–Crippen MR) is 40.1 cm³/mol. The fourth-order valence-corrected chi connectivity index (χ4v) is 0. The van der Waals surface area contributed by atoms with Crippen molar-refractivity contribution in [3.05, 3.63) is 0 Å². The second kappa shape index (κ2) is 1.97. The fraction of sp³-hybridized carbons (Fsp3) is 1.00. The number of hydrogen-bond donors (Lipinski definition) is 1. The highest BCUT2D eigenvalue weighted by Gasteiger charge is 2.29. The maximum absolute atomic E-state index is 9.33. The monoisotopic (exact) mass is 134 g/mol. The van der Waals surface area contributed by atoms with E-state index in [2.05, 4.69) is 9.24 Å². The van der Waals surface area contributed by atoms with Crippen LogP contribution in [-0.2, 0) is 0 Å². The average Bonchev–Trinajstić information content (AvgIpc) is 1.25. The molecule has 2 heteroatoms. The van der Waals surface area contributed by atoms with Crippen LogP contribution in [0.3, 0.4) is 0 Å². The second-order valence-corrected chi connectivity index (χ2v) is 4.72. The van der Waals surface area contributed by atoms with E-state index in [1.54, 1.807) is 13.8 Å². The lowest BCUT2D eigenvalue weighted by Gasteiger charge is -2.32. The Balaban J connectivity index is 4.02. The van der Waals surface area contributed by atoms with Crippen molar-refractivity contribution in [1.82, 2.24) is 0 Å². The Morgan fingerprint density at radius 1 is 1.12 bits per heavy atom. The van der Waals surface area contributed by atoms with Crippen LogP contribution < -0.4 is 0 Å². The summed E-state index contributed by atoms with van der Waals surface area (Å²) in [6, 6.07) is 0. The smallest absolute Gasteiger partial charge is 0.0676 e. The SMILES string of the molecule is CC(C)(O)C(C)(C)P. The molecule has 0 amide bonds. The van der Waals surface area contributed by atoms with Gasteiger partial charge in [-0.2, -0.15) is 0 Å². The molecule has 1 nitrogen and oxygen atoms in total. The van der Waals surface area contributed by atoms with Gasteiger partial charge in [-0.15, -0.1) is 9.24 Å². The molecule has 0 aromatic heterocycles. The van der Waals surface area contributed by atoms with Crippen molar-refractivity contribution in [2.24, 2.45) is 0 Å². The lowest BCUT2D eigenvalue weighted by atomic mass is 9.94. The standard InChI is InChI=1S/C6H15OP/c1-5(2,7)6(3,4)8/h7H,8H2,1-4H3. The lowest BCUT2D eigenvalue weighted by molar-refractivity contribution is 0.0488. The molecule has 0 saturated carbocycles. The van der Waals surface area contributed by atoms with Gasteiger partial charge >= 0.3 is 0 Å². The summed E-state index contributed by atoms with van der Waals surface area (Å²) in [5, 5.41) is 9.24. The third-order valence-electron chi connectivity index (χ3n) is 1.58. The summed E-state index contributed by atoms with van der Waals surface area (Å²) in [6.07, 6.45) is 0. The van der Waals surface area contributed by atoms with E-state index >= 15 is 0 Å². The molecule has 0 radical (unpaired) electrons. The van der Waals surface area contributed by atoms with E-state index in [9.17, 15) is 5.11 Å². The van der Waals surface area contributed by atoms with Crippen molar-refractivity contribution in [2.45, 2.75) is 38.5 Å². The topological polar surface area (TPSA) is 20.2 Å². The molecule has 1 atom stereocenters. The highest BCUT2D eigenvalue weighted by atomic mass is 31.0. The van der Waals surface area contributed by atoms with E-state index in [1.807, 2.05) is 13.8 Å². The third-order valence-corrected chi connectivity index (χ3v) is 2.28. The normalized spacial score (nSPS) is 14.2. The highest BCUT2D eigenvalue weighted by molar-refractivity contribution is 7.19. The molecule has 0 aliphatic heterocycles. The Morgan fingerprint density at radius 2 is 1.25 bits per heavy atom. The summed E-state index contributed by atoms with van der Waals surface area (Å²) in [4.78, 5) is 0. The van der Waals surface area contributed by atoms with Crippen LogP contribution in [0.2, 0.25) is 0 Å². The van der Waals surface area contributed by atoms with Crippen LogP contribution in [0.25, 0.3) is 0 Å². The summed E-state index contributed by atoms with van der Waals surface area (Å²) >= 11 is 0. The number of aliphatic hydroxyl groups is 1. The Kier molecular flexibility index (Phi) is 2.06. The van der Waals surface area contributed by atoms with E-state index < -0.39 is 5.60 Å². The van der Waals surface area contributed by atoms with E-state index in [4.69, 9.17) is 0 Å². The van der Waals surface area contributed by atoms with Gasteiger partial charge in [0.25, 0.3) is 0 Å². The molecule has 0 aromatic rings. The van der Waals surface area contributed by atoms with E-state index in [1.165, 1.54) is 0 Å². The number of hydrogen-bond acceptors (Lipinski definition) is 1. The largest absolute Gasteiger partial charge is 0.390 e. The van der Waals surface area contributed by atoms with Crippen LogP contribution in [0.1, 0.15) is 27.7 Å². The summed E-state index contributed by atoms with van der Waals surface area (Å²) in [6.45, 7) is 7.58. The minimum Gasteiger partial charge on any atom is -0.390 e. The Labute approximate surface area is 53.7 Å². The first-order valence-electron chi connectivity index (χ1n) is 2.76. The van der Waals surface area contributed by atoms with Crippen molar-refractivity contribution >= 4 is 9.24 Å². The van der Waals surface area contributed by atoms with Crippen LogP contribution in [0.15, 0.2) is 0 Å². The van der Waals surface area contributed by atoms with Gasteiger partial charge in [0.15, 0.2) is 0 Å². The molecule has 0 aromatic carbocycles. The highest BCUT2D eigenvalue weighted by Crippen LogP contribution is 2.29. The van der Waals surface area contributed by atoms with E-state index in [-0.39, 0.29) is 5.16 Å². The van der Waals surface area contributed by atoms with Crippen molar-refractivity contribution in [1.29, 1.82) is 0 Å². The van der Waals surface area contributed by atoms with Crippen molar-refractivity contribution in [3.8, 4) is 0 Å². The van der Waals surface area contributed by atoms with Crippen LogP contribution >= 0.6 is 9.24 Å². The summed E-state index contributed by atoms with van der Waals surface area (Å²) < 4.78 is 0. The van der Waals surface area contributed by atoms with Gasteiger partial charge in [0.05, 0.1) is 5.60 Å². The minimum atomic E-state index is -0.600. The molecule has 8 heavy (non-hydrogen) atoms. The molecular formula is C6H15OP. The van der Waals surface area contributed by atoms with Crippen LogP contribution in [-0.4, -0.2) is 15.9 Å². The zero-order valence-electron chi connectivity index (χ0n) is 6.02. The molecule has 0 heterocycles. The van der Waals surface area contributed by atoms with Crippen molar-refractivity contribution in [3.63, 3.8) is 0 Å². The quantitative estimate of drug-likeness (QED) is 0.537. The summed E-state index contributed by atoms with van der Waals surface area (Å²) in [5.74, 6) is 0. The Morgan fingerprint density at radius 3 is 1.25 bits per heavy atom. The lowest BCUT2D eigenvalue weighted by Crippen LogP contribution is -2.39. The Bertz CT molecular complexity index is 63.5. The molecule has 0 aliphatic carbocycles. The van der Waals surface area contributed by atoms with E-state index in [0.717, 1.165) is 0 Å². The molecule has 0 aliphatic rings. The molecule has 0 saturated heterocycles. The molecule has 1 unspecified atom stereocenters. The number of rotatable bonds is 1. The van der Waals surface area contributed by atoms with Crippen LogP contribution in [0.4, 0.5) is 0 Å². The van der Waals surface area contributed by atoms with Crippen LogP contribution in [0.5, 0.6) is 0 Å². The zero-order chi connectivity index (χ0) is 7.00. The molecule has 1 N–H and O–H groups in total.